The minimum absolute atomic E-state index is 0.299. The van der Waals surface area contributed by atoms with Crippen LogP contribution in [-0.4, -0.2) is 31.1 Å². The van der Waals surface area contributed by atoms with Gasteiger partial charge in [0.2, 0.25) is 8.32 Å². The zero-order valence-electron chi connectivity index (χ0n) is 20.1. The van der Waals surface area contributed by atoms with E-state index in [0.717, 1.165) is 5.56 Å². The van der Waals surface area contributed by atoms with Crippen LogP contribution in [0.3, 0.4) is 0 Å². The molecule has 0 saturated carbocycles. The highest BCUT2D eigenvalue weighted by molar-refractivity contribution is 6.77. The Labute approximate surface area is 196 Å². The van der Waals surface area contributed by atoms with Gasteiger partial charge >= 0.3 is 0 Å². The lowest BCUT2D eigenvalue weighted by molar-refractivity contribution is -0.159. The van der Waals surface area contributed by atoms with Crippen molar-refractivity contribution < 1.29 is 14.0 Å². The molecule has 8 heteroatoms. The summed E-state index contributed by atoms with van der Waals surface area (Å²) >= 11 is 0. The number of β-lactam (4-membered cyclic amide) rings is 1. The van der Waals surface area contributed by atoms with Gasteiger partial charge in [0.15, 0.2) is 6.10 Å². The molecule has 33 heavy (non-hydrogen) atoms. The number of amides is 2. The van der Waals surface area contributed by atoms with Gasteiger partial charge in [-0.15, -0.1) is 0 Å². The van der Waals surface area contributed by atoms with E-state index >= 15 is 0 Å². The van der Waals surface area contributed by atoms with Gasteiger partial charge in [0.25, 0.3) is 11.8 Å². The van der Waals surface area contributed by atoms with Gasteiger partial charge in [-0.25, -0.2) is 0 Å². The third-order valence-electron chi connectivity index (χ3n) is 6.72. The highest BCUT2D eigenvalue weighted by atomic mass is 28.4. The Bertz CT molecular complexity index is 1030. The molecular formula is C25H32N4O3Si. The fraction of sp³-hybridized carbons (Fsp3) is 0.440. The molecule has 7 nitrogen and oxygen atoms in total. The van der Waals surface area contributed by atoms with Gasteiger partial charge in [0.05, 0.1) is 6.04 Å². The van der Waals surface area contributed by atoms with Crippen LogP contribution < -0.4 is 0 Å². The first-order chi connectivity index (χ1) is 15.6. The van der Waals surface area contributed by atoms with Crippen LogP contribution >= 0.6 is 0 Å². The number of rotatable bonds is 8. The normalized spacial score (nSPS) is 18.5. The van der Waals surface area contributed by atoms with Gasteiger partial charge in [-0.2, -0.15) is 0 Å². The molecule has 1 heterocycles. The first-order valence-electron chi connectivity index (χ1n) is 11.4. The van der Waals surface area contributed by atoms with Gasteiger partial charge in [0, 0.05) is 16.2 Å². The van der Waals surface area contributed by atoms with Crippen molar-refractivity contribution in [3.63, 3.8) is 0 Å². The Hall–Kier alpha value is -2.93. The predicted molar refractivity (Wildman–Crippen MR) is 132 cm³/mol. The van der Waals surface area contributed by atoms with E-state index in [1.54, 1.807) is 24.3 Å². The van der Waals surface area contributed by atoms with Gasteiger partial charge in [0.1, 0.15) is 0 Å². The summed E-state index contributed by atoms with van der Waals surface area (Å²) in [6.07, 6.45) is -0.683. The van der Waals surface area contributed by atoms with Crippen molar-refractivity contribution in [1.82, 2.24) is 4.90 Å². The van der Waals surface area contributed by atoms with Crippen molar-refractivity contribution in [2.24, 2.45) is 5.11 Å². The van der Waals surface area contributed by atoms with E-state index in [9.17, 15) is 9.59 Å². The summed E-state index contributed by atoms with van der Waals surface area (Å²) in [5.74, 6) is -0.682. The van der Waals surface area contributed by atoms with Crippen molar-refractivity contribution in [1.29, 1.82) is 0 Å². The number of carbonyl (C=O) groups excluding carboxylic acids is 2. The lowest BCUT2D eigenvalue weighted by Crippen LogP contribution is -2.66. The number of azide groups is 1. The van der Waals surface area contributed by atoms with E-state index in [0.29, 0.717) is 27.9 Å². The van der Waals surface area contributed by atoms with E-state index in [1.807, 2.05) is 30.3 Å². The van der Waals surface area contributed by atoms with E-state index in [2.05, 4.69) is 51.6 Å². The molecule has 0 bridgehead atoms. The number of benzene rings is 2. The molecule has 0 aromatic heterocycles. The summed E-state index contributed by atoms with van der Waals surface area (Å²) in [6, 6.07) is 15.4. The second-order valence-electron chi connectivity index (χ2n) is 9.46. The number of likely N-dealkylation sites (tertiary alicyclic amines) is 1. The molecule has 2 amide bonds. The first-order valence-corrected chi connectivity index (χ1v) is 13.5. The van der Waals surface area contributed by atoms with Gasteiger partial charge in [-0.1, -0.05) is 89.1 Å². The van der Waals surface area contributed by atoms with Crippen LogP contribution in [-0.2, 0) is 9.22 Å². The molecule has 1 fully saturated rings. The number of imide groups is 1. The Balaban J connectivity index is 1.99. The minimum atomic E-state index is -2.34. The van der Waals surface area contributed by atoms with Crippen LogP contribution in [0.4, 0.5) is 5.69 Å². The summed E-state index contributed by atoms with van der Waals surface area (Å²) in [6.45, 7) is 13.1. The topological polar surface area (TPSA) is 95.4 Å². The maximum absolute atomic E-state index is 13.4. The average Bonchev–Trinajstić information content (AvgIpc) is 2.78. The molecule has 1 saturated heterocycles. The Kier molecular flexibility index (Phi) is 7.42. The Morgan fingerprint density at radius 3 is 2.00 bits per heavy atom. The largest absolute Gasteiger partial charge is 0.402 e. The number of hydrogen-bond donors (Lipinski definition) is 0. The monoisotopic (exact) mass is 464 g/mol. The van der Waals surface area contributed by atoms with Gasteiger partial charge in [-0.05, 0) is 39.9 Å². The molecule has 2 aromatic carbocycles. The second-order valence-corrected chi connectivity index (χ2v) is 14.9. The molecule has 0 aliphatic carbocycles. The summed E-state index contributed by atoms with van der Waals surface area (Å²) in [5, 5.41) is 3.54. The van der Waals surface area contributed by atoms with Crippen molar-refractivity contribution >= 4 is 25.8 Å². The highest BCUT2D eigenvalue weighted by Gasteiger charge is 2.57. The minimum Gasteiger partial charge on any atom is -0.402 e. The number of hydrogen-bond acceptors (Lipinski definition) is 4. The lowest BCUT2D eigenvalue weighted by Gasteiger charge is -2.52. The van der Waals surface area contributed by atoms with Crippen molar-refractivity contribution in [3.05, 3.63) is 76.2 Å². The van der Waals surface area contributed by atoms with E-state index < -0.39 is 20.5 Å². The van der Waals surface area contributed by atoms with Crippen LogP contribution in [0.25, 0.3) is 10.4 Å². The van der Waals surface area contributed by atoms with Crippen molar-refractivity contribution in [3.8, 4) is 0 Å². The predicted octanol–water partition coefficient (Wildman–Crippen LogP) is 6.91. The van der Waals surface area contributed by atoms with Crippen molar-refractivity contribution in [2.75, 3.05) is 0 Å². The SMILES string of the molecule is CC(C)[Si](O[C@H]1C(=O)N(C(=O)c2ccc(N=[N+]=[N-])cc2)[C@H]1c1ccccc1)(C(C)C)C(C)C. The van der Waals surface area contributed by atoms with Crippen LogP contribution in [0.5, 0.6) is 0 Å². The fourth-order valence-corrected chi connectivity index (χ4v) is 10.8. The maximum atomic E-state index is 13.4. The molecule has 0 radical (unpaired) electrons. The van der Waals surface area contributed by atoms with E-state index in [4.69, 9.17) is 9.96 Å². The van der Waals surface area contributed by atoms with Crippen LogP contribution in [0.1, 0.15) is 63.5 Å². The molecule has 3 rings (SSSR count). The Morgan fingerprint density at radius 2 is 1.52 bits per heavy atom. The van der Waals surface area contributed by atoms with Crippen molar-refractivity contribution in [2.45, 2.75) is 70.3 Å². The standard InChI is InChI=1S/C25H32N4O3Si/c1-16(2)33(17(3)4,18(5)6)32-23-22(19-10-8-7-9-11-19)29(25(23)31)24(30)20-12-14-21(15-13-20)27-28-26/h7-18,22-23H,1-6H3/t22-,23+/m0/s1. The zero-order valence-corrected chi connectivity index (χ0v) is 21.1. The quantitative estimate of drug-likeness (QED) is 0.106. The smallest absolute Gasteiger partial charge is 0.261 e. The zero-order chi connectivity index (χ0) is 24.3. The molecule has 2 aromatic rings. The Morgan fingerprint density at radius 1 is 0.970 bits per heavy atom. The summed E-state index contributed by atoms with van der Waals surface area (Å²) in [5.41, 5.74) is 11.2. The molecule has 0 spiro atoms. The number of nitrogens with zero attached hydrogens (tertiary/aromatic N) is 4. The van der Waals surface area contributed by atoms with Crippen LogP contribution in [0, 0.1) is 0 Å². The third-order valence-corrected chi connectivity index (χ3v) is 12.8. The van der Waals surface area contributed by atoms with Crippen LogP contribution in [0.15, 0.2) is 59.7 Å². The molecular weight excluding hydrogens is 432 g/mol. The maximum Gasteiger partial charge on any atom is 0.261 e. The van der Waals surface area contributed by atoms with Crippen LogP contribution in [0.2, 0.25) is 16.6 Å². The average molecular weight is 465 g/mol. The lowest BCUT2D eigenvalue weighted by atomic mass is 9.90. The molecule has 0 N–H and O–H groups in total. The van der Waals surface area contributed by atoms with Gasteiger partial charge < -0.3 is 4.43 Å². The molecule has 0 unspecified atom stereocenters. The number of carbonyl (C=O) groups is 2. The molecule has 174 valence electrons. The summed E-state index contributed by atoms with van der Waals surface area (Å²) < 4.78 is 6.85. The summed E-state index contributed by atoms with van der Waals surface area (Å²) in [7, 11) is -2.34. The second kappa shape index (κ2) is 9.91. The third kappa shape index (κ3) is 4.46. The van der Waals surface area contributed by atoms with E-state index in [-0.39, 0.29) is 11.8 Å². The fourth-order valence-electron chi connectivity index (χ4n) is 5.27. The molecule has 1 aliphatic rings. The molecule has 1 aliphatic heterocycles. The highest BCUT2D eigenvalue weighted by Crippen LogP contribution is 2.48. The summed E-state index contributed by atoms with van der Waals surface area (Å²) in [4.78, 5) is 30.8. The van der Waals surface area contributed by atoms with E-state index in [1.165, 1.54) is 4.90 Å². The molecule has 2 atom stereocenters. The van der Waals surface area contributed by atoms with Gasteiger partial charge in [-0.3, -0.25) is 14.5 Å². The first kappa shape index (κ1) is 24.7.